The van der Waals surface area contributed by atoms with Crippen LogP contribution in [0, 0.1) is 0 Å². The van der Waals surface area contributed by atoms with Crippen molar-refractivity contribution < 1.29 is 4.74 Å². The van der Waals surface area contributed by atoms with Gasteiger partial charge in [-0.1, -0.05) is 29.8 Å². The van der Waals surface area contributed by atoms with Crippen molar-refractivity contribution in [2.45, 2.75) is 11.5 Å². The fourth-order valence-corrected chi connectivity index (χ4v) is 2.47. The molecule has 0 aromatic heterocycles. The molecule has 0 aliphatic heterocycles. The maximum atomic E-state index is 5.92. The first-order valence-corrected chi connectivity index (χ1v) is 7.26. The number of benzene rings is 2. The van der Waals surface area contributed by atoms with Crippen LogP contribution in [0.5, 0.6) is 0 Å². The van der Waals surface area contributed by atoms with Crippen LogP contribution in [-0.2, 0) is 11.3 Å². The quantitative estimate of drug-likeness (QED) is 0.738. The van der Waals surface area contributed by atoms with E-state index in [1.54, 1.807) is 18.9 Å². The first kappa shape index (κ1) is 13.5. The van der Waals surface area contributed by atoms with Gasteiger partial charge in [0.25, 0.3) is 0 Å². The van der Waals surface area contributed by atoms with Gasteiger partial charge in [-0.15, -0.1) is 11.8 Å². The summed E-state index contributed by atoms with van der Waals surface area (Å²) in [6.45, 7) is 0.617. The average molecular weight is 279 g/mol. The minimum atomic E-state index is 0.617. The molecule has 0 saturated heterocycles. The monoisotopic (exact) mass is 278 g/mol. The molecule has 3 heteroatoms. The van der Waals surface area contributed by atoms with Gasteiger partial charge in [0.05, 0.1) is 6.61 Å². The molecule has 0 radical (unpaired) electrons. The molecular formula is C15H15ClOS. The van der Waals surface area contributed by atoms with Crippen molar-refractivity contribution in [2.75, 3.05) is 13.4 Å². The summed E-state index contributed by atoms with van der Waals surface area (Å²) in [7, 11) is 1.72. The third-order valence-corrected chi connectivity index (χ3v) is 3.74. The predicted molar refractivity (Wildman–Crippen MR) is 79.4 cm³/mol. The van der Waals surface area contributed by atoms with Crippen molar-refractivity contribution in [1.29, 1.82) is 0 Å². The van der Waals surface area contributed by atoms with Crippen LogP contribution in [0.25, 0.3) is 11.1 Å². The Labute approximate surface area is 117 Å². The Hall–Kier alpha value is -0.960. The summed E-state index contributed by atoms with van der Waals surface area (Å²) in [6, 6.07) is 14.4. The highest BCUT2D eigenvalue weighted by Gasteiger charge is 2.06. The van der Waals surface area contributed by atoms with E-state index in [0.717, 1.165) is 5.02 Å². The molecule has 0 aliphatic carbocycles. The van der Waals surface area contributed by atoms with Gasteiger partial charge in [-0.25, -0.2) is 0 Å². The lowest BCUT2D eigenvalue weighted by Crippen LogP contribution is -1.92. The standard InChI is InChI=1S/C15H15ClOS/c1-17-10-12-9-14(18-2)7-8-15(12)11-3-5-13(16)6-4-11/h3-9H,10H2,1-2H3. The van der Waals surface area contributed by atoms with E-state index < -0.39 is 0 Å². The molecule has 0 N–H and O–H groups in total. The number of hydrogen-bond acceptors (Lipinski definition) is 2. The van der Waals surface area contributed by atoms with Gasteiger partial charge in [-0.3, -0.25) is 0 Å². The lowest BCUT2D eigenvalue weighted by atomic mass is 10.0. The van der Waals surface area contributed by atoms with Crippen LogP contribution in [0.15, 0.2) is 47.4 Å². The predicted octanol–water partition coefficient (Wildman–Crippen LogP) is 4.88. The zero-order valence-electron chi connectivity index (χ0n) is 10.4. The average Bonchev–Trinajstić information content (AvgIpc) is 2.40. The molecule has 94 valence electrons. The summed E-state index contributed by atoms with van der Waals surface area (Å²) < 4.78 is 5.28. The molecule has 2 rings (SSSR count). The summed E-state index contributed by atoms with van der Waals surface area (Å²) in [5, 5.41) is 0.757. The second-order valence-electron chi connectivity index (χ2n) is 3.96. The summed E-state index contributed by atoms with van der Waals surface area (Å²) in [5.41, 5.74) is 3.57. The van der Waals surface area contributed by atoms with E-state index in [1.165, 1.54) is 21.6 Å². The van der Waals surface area contributed by atoms with Crippen LogP contribution in [0.2, 0.25) is 5.02 Å². The van der Waals surface area contributed by atoms with E-state index in [9.17, 15) is 0 Å². The smallest absolute Gasteiger partial charge is 0.0719 e. The summed E-state index contributed by atoms with van der Waals surface area (Å²) in [5.74, 6) is 0. The molecule has 0 fully saturated rings. The highest BCUT2D eigenvalue weighted by molar-refractivity contribution is 7.98. The van der Waals surface area contributed by atoms with Crippen molar-refractivity contribution >= 4 is 23.4 Å². The van der Waals surface area contributed by atoms with Gasteiger partial charge in [0.15, 0.2) is 0 Å². The molecule has 0 spiro atoms. The third kappa shape index (κ3) is 3.08. The molecular weight excluding hydrogens is 264 g/mol. The Morgan fingerprint density at radius 3 is 2.44 bits per heavy atom. The Kier molecular flexibility index (Phi) is 4.70. The maximum Gasteiger partial charge on any atom is 0.0719 e. The Morgan fingerprint density at radius 1 is 1.11 bits per heavy atom. The van der Waals surface area contributed by atoms with E-state index in [2.05, 4.69) is 24.5 Å². The van der Waals surface area contributed by atoms with Crippen molar-refractivity contribution in [1.82, 2.24) is 0 Å². The zero-order chi connectivity index (χ0) is 13.0. The van der Waals surface area contributed by atoms with Gasteiger partial charge in [0.1, 0.15) is 0 Å². The minimum absolute atomic E-state index is 0.617. The Bertz CT molecular complexity index is 523. The second-order valence-corrected chi connectivity index (χ2v) is 5.28. The van der Waals surface area contributed by atoms with E-state index in [1.807, 2.05) is 24.3 Å². The Morgan fingerprint density at radius 2 is 1.83 bits per heavy atom. The summed E-state index contributed by atoms with van der Waals surface area (Å²) >= 11 is 7.66. The highest BCUT2D eigenvalue weighted by Crippen LogP contribution is 2.29. The first-order chi connectivity index (χ1) is 8.74. The molecule has 1 nitrogen and oxygen atoms in total. The van der Waals surface area contributed by atoms with E-state index in [0.29, 0.717) is 6.61 Å². The van der Waals surface area contributed by atoms with Crippen LogP contribution in [-0.4, -0.2) is 13.4 Å². The van der Waals surface area contributed by atoms with Crippen LogP contribution >= 0.6 is 23.4 Å². The molecule has 0 aliphatic rings. The van der Waals surface area contributed by atoms with Gasteiger partial charge >= 0.3 is 0 Å². The molecule has 0 saturated carbocycles. The third-order valence-electron chi connectivity index (χ3n) is 2.77. The summed E-state index contributed by atoms with van der Waals surface area (Å²) in [4.78, 5) is 1.25. The molecule has 0 amide bonds. The number of halogens is 1. The van der Waals surface area contributed by atoms with Crippen LogP contribution < -0.4 is 0 Å². The lowest BCUT2D eigenvalue weighted by Gasteiger charge is -2.11. The van der Waals surface area contributed by atoms with E-state index in [-0.39, 0.29) is 0 Å². The maximum absolute atomic E-state index is 5.92. The highest BCUT2D eigenvalue weighted by atomic mass is 35.5. The number of ether oxygens (including phenoxy) is 1. The van der Waals surface area contributed by atoms with E-state index >= 15 is 0 Å². The van der Waals surface area contributed by atoms with Gasteiger partial charge < -0.3 is 4.74 Å². The van der Waals surface area contributed by atoms with Crippen molar-refractivity contribution in [3.05, 3.63) is 53.1 Å². The molecule has 0 atom stereocenters. The van der Waals surface area contributed by atoms with Gasteiger partial charge in [0.2, 0.25) is 0 Å². The van der Waals surface area contributed by atoms with Crippen molar-refractivity contribution in [2.24, 2.45) is 0 Å². The fraction of sp³-hybridized carbons (Fsp3) is 0.200. The topological polar surface area (TPSA) is 9.23 Å². The van der Waals surface area contributed by atoms with Gasteiger partial charge in [-0.05, 0) is 47.2 Å². The Balaban J connectivity index is 2.45. The number of rotatable bonds is 4. The molecule has 0 heterocycles. The molecule has 18 heavy (non-hydrogen) atoms. The van der Waals surface area contributed by atoms with Crippen LogP contribution in [0.4, 0.5) is 0 Å². The SMILES string of the molecule is COCc1cc(SC)ccc1-c1ccc(Cl)cc1. The fourth-order valence-electron chi connectivity index (χ4n) is 1.88. The minimum Gasteiger partial charge on any atom is -0.380 e. The number of methoxy groups -OCH3 is 1. The van der Waals surface area contributed by atoms with E-state index in [4.69, 9.17) is 16.3 Å². The lowest BCUT2D eigenvalue weighted by molar-refractivity contribution is 0.185. The normalized spacial score (nSPS) is 10.6. The van der Waals surface area contributed by atoms with Gasteiger partial charge in [0, 0.05) is 17.0 Å². The first-order valence-electron chi connectivity index (χ1n) is 5.66. The molecule has 0 unspecified atom stereocenters. The van der Waals surface area contributed by atoms with Crippen molar-refractivity contribution in [3.8, 4) is 11.1 Å². The van der Waals surface area contributed by atoms with Crippen LogP contribution in [0.1, 0.15) is 5.56 Å². The zero-order valence-corrected chi connectivity index (χ0v) is 12.0. The van der Waals surface area contributed by atoms with Gasteiger partial charge in [-0.2, -0.15) is 0 Å². The molecule has 0 bridgehead atoms. The summed E-state index contributed by atoms with van der Waals surface area (Å²) in [6.07, 6.45) is 2.08. The molecule has 2 aromatic carbocycles. The van der Waals surface area contributed by atoms with Crippen molar-refractivity contribution in [3.63, 3.8) is 0 Å². The number of thioether (sulfide) groups is 1. The molecule has 2 aromatic rings. The number of hydrogen-bond donors (Lipinski definition) is 0. The van der Waals surface area contributed by atoms with Crippen LogP contribution in [0.3, 0.4) is 0 Å². The largest absolute Gasteiger partial charge is 0.380 e. The second kappa shape index (κ2) is 6.28.